The summed E-state index contributed by atoms with van der Waals surface area (Å²) in [5.41, 5.74) is 0. The first-order valence-electron chi connectivity index (χ1n) is 4.83. The molecule has 0 amide bonds. The van der Waals surface area contributed by atoms with Gasteiger partial charge in [-0.05, 0) is 25.2 Å². The predicted octanol–water partition coefficient (Wildman–Crippen LogP) is 2.78. The minimum atomic E-state index is -0.410. The SMILES string of the molecule is CCN(CC)CC(O)c1ccc(Cl)s1. The van der Waals surface area contributed by atoms with Crippen LogP contribution in [0.25, 0.3) is 0 Å². The lowest BCUT2D eigenvalue weighted by atomic mass is 10.2. The number of rotatable bonds is 5. The molecule has 1 aromatic rings. The highest BCUT2D eigenvalue weighted by molar-refractivity contribution is 7.16. The Morgan fingerprint density at radius 3 is 2.50 bits per heavy atom. The van der Waals surface area contributed by atoms with Crippen LogP contribution in [0.15, 0.2) is 12.1 Å². The molecule has 1 unspecified atom stereocenters. The molecule has 0 bridgehead atoms. The molecule has 1 rings (SSSR count). The quantitative estimate of drug-likeness (QED) is 0.846. The van der Waals surface area contributed by atoms with Gasteiger partial charge in [0.15, 0.2) is 0 Å². The normalized spacial score (nSPS) is 13.5. The van der Waals surface area contributed by atoms with Gasteiger partial charge in [0.2, 0.25) is 0 Å². The second-order valence-corrected chi connectivity index (χ2v) is 4.89. The summed E-state index contributed by atoms with van der Waals surface area (Å²) in [5, 5.41) is 9.88. The van der Waals surface area contributed by atoms with Crippen molar-refractivity contribution in [2.75, 3.05) is 19.6 Å². The van der Waals surface area contributed by atoms with E-state index in [1.54, 1.807) is 0 Å². The molecule has 0 fully saturated rings. The highest BCUT2D eigenvalue weighted by Crippen LogP contribution is 2.27. The van der Waals surface area contributed by atoms with E-state index in [1.165, 1.54) is 11.3 Å². The molecule has 0 aliphatic rings. The van der Waals surface area contributed by atoms with Crippen LogP contribution in [0.5, 0.6) is 0 Å². The minimum absolute atomic E-state index is 0.410. The second-order valence-electron chi connectivity index (χ2n) is 3.14. The minimum Gasteiger partial charge on any atom is -0.386 e. The third kappa shape index (κ3) is 3.24. The van der Waals surface area contributed by atoms with Crippen LogP contribution in [0.4, 0.5) is 0 Å². The van der Waals surface area contributed by atoms with Crippen LogP contribution in [0, 0.1) is 0 Å². The third-order valence-electron chi connectivity index (χ3n) is 2.25. The molecule has 4 heteroatoms. The smallest absolute Gasteiger partial charge is 0.101 e. The number of aliphatic hydroxyl groups is 1. The zero-order chi connectivity index (χ0) is 10.6. The monoisotopic (exact) mass is 233 g/mol. The Labute approximate surface area is 94.1 Å². The van der Waals surface area contributed by atoms with Gasteiger partial charge in [-0.15, -0.1) is 11.3 Å². The van der Waals surface area contributed by atoms with Gasteiger partial charge in [0.25, 0.3) is 0 Å². The van der Waals surface area contributed by atoms with E-state index < -0.39 is 6.10 Å². The molecule has 0 aromatic carbocycles. The molecular formula is C10H16ClNOS. The van der Waals surface area contributed by atoms with Gasteiger partial charge in [0.1, 0.15) is 6.10 Å². The van der Waals surface area contributed by atoms with Crippen molar-refractivity contribution in [1.82, 2.24) is 4.90 Å². The number of aliphatic hydroxyl groups excluding tert-OH is 1. The van der Waals surface area contributed by atoms with E-state index in [0.29, 0.717) is 6.54 Å². The molecule has 0 spiro atoms. The van der Waals surface area contributed by atoms with Gasteiger partial charge < -0.3 is 10.0 Å². The molecule has 14 heavy (non-hydrogen) atoms. The Morgan fingerprint density at radius 1 is 1.43 bits per heavy atom. The number of thiophene rings is 1. The maximum Gasteiger partial charge on any atom is 0.101 e. The molecule has 1 atom stereocenters. The summed E-state index contributed by atoms with van der Waals surface area (Å²) < 4.78 is 0.735. The van der Waals surface area contributed by atoms with Gasteiger partial charge in [0.05, 0.1) is 4.34 Å². The Balaban J connectivity index is 2.53. The highest BCUT2D eigenvalue weighted by Gasteiger charge is 2.12. The lowest BCUT2D eigenvalue weighted by molar-refractivity contribution is 0.122. The van der Waals surface area contributed by atoms with Gasteiger partial charge in [-0.3, -0.25) is 0 Å². The number of nitrogens with zero attached hydrogens (tertiary/aromatic N) is 1. The van der Waals surface area contributed by atoms with Gasteiger partial charge >= 0.3 is 0 Å². The largest absolute Gasteiger partial charge is 0.386 e. The summed E-state index contributed by atoms with van der Waals surface area (Å²) in [6.45, 7) is 6.80. The Hall–Kier alpha value is -0.0900. The van der Waals surface area contributed by atoms with Crippen molar-refractivity contribution >= 4 is 22.9 Å². The van der Waals surface area contributed by atoms with Crippen LogP contribution in [0.3, 0.4) is 0 Å². The standard InChI is InChI=1S/C10H16ClNOS/c1-3-12(4-2)7-8(13)9-5-6-10(11)14-9/h5-6,8,13H,3-4,7H2,1-2H3. The summed E-state index contributed by atoms with van der Waals surface area (Å²) in [6.07, 6.45) is -0.410. The summed E-state index contributed by atoms with van der Waals surface area (Å²) in [5.74, 6) is 0. The van der Waals surface area contributed by atoms with Gasteiger partial charge in [-0.25, -0.2) is 0 Å². The summed E-state index contributed by atoms with van der Waals surface area (Å²) in [4.78, 5) is 3.14. The molecule has 1 heterocycles. The average Bonchev–Trinajstić information content (AvgIpc) is 2.61. The molecule has 80 valence electrons. The molecule has 1 aromatic heterocycles. The van der Waals surface area contributed by atoms with Gasteiger partial charge in [-0.2, -0.15) is 0 Å². The van der Waals surface area contributed by atoms with E-state index in [9.17, 15) is 5.11 Å². The van der Waals surface area contributed by atoms with E-state index in [0.717, 1.165) is 22.3 Å². The molecule has 0 saturated carbocycles. The van der Waals surface area contributed by atoms with Crippen LogP contribution in [-0.2, 0) is 0 Å². The predicted molar refractivity (Wildman–Crippen MR) is 62.1 cm³/mol. The van der Waals surface area contributed by atoms with Crippen molar-refractivity contribution in [3.63, 3.8) is 0 Å². The fraction of sp³-hybridized carbons (Fsp3) is 0.600. The fourth-order valence-electron chi connectivity index (χ4n) is 1.32. The summed E-state index contributed by atoms with van der Waals surface area (Å²) in [6, 6.07) is 3.72. The van der Waals surface area contributed by atoms with E-state index >= 15 is 0 Å². The highest BCUT2D eigenvalue weighted by atomic mass is 35.5. The average molecular weight is 234 g/mol. The van der Waals surface area contributed by atoms with Crippen molar-refractivity contribution in [2.45, 2.75) is 20.0 Å². The molecule has 2 nitrogen and oxygen atoms in total. The third-order valence-corrected chi connectivity index (χ3v) is 3.58. The van der Waals surface area contributed by atoms with Crippen molar-refractivity contribution in [2.24, 2.45) is 0 Å². The lowest BCUT2D eigenvalue weighted by Gasteiger charge is -2.20. The van der Waals surface area contributed by atoms with E-state index in [4.69, 9.17) is 11.6 Å². The molecule has 0 radical (unpaired) electrons. The maximum absolute atomic E-state index is 9.88. The molecule has 0 aliphatic carbocycles. The van der Waals surface area contributed by atoms with Crippen LogP contribution in [0.2, 0.25) is 4.34 Å². The van der Waals surface area contributed by atoms with Crippen LogP contribution in [-0.4, -0.2) is 29.6 Å². The first-order valence-corrected chi connectivity index (χ1v) is 6.02. The van der Waals surface area contributed by atoms with Crippen LogP contribution < -0.4 is 0 Å². The number of hydrogen-bond donors (Lipinski definition) is 1. The van der Waals surface area contributed by atoms with Crippen molar-refractivity contribution in [1.29, 1.82) is 0 Å². The maximum atomic E-state index is 9.88. The van der Waals surface area contributed by atoms with Gasteiger partial charge in [0, 0.05) is 11.4 Å². The molecule has 0 aliphatic heterocycles. The Bertz CT molecular complexity index is 273. The zero-order valence-corrected chi connectivity index (χ0v) is 10.1. The summed E-state index contributed by atoms with van der Waals surface area (Å²) >= 11 is 7.25. The first-order chi connectivity index (χ1) is 6.67. The van der Waals surface area contributed by atoms with Gasteiger partial charge in [-0.1, -0.05) is 25.4 Å². The lowest BCUT2D eigenvalue weighted by Crippen LogP contribution is -2.27. The van der Waals surface area contributed by atoms with Crippen LogP contribution in [0.1, 0.15) is 24.8 Å². The van der Waals surface area contributed by atoms with E-state index in [1.807, 2.05) is 12.1 Å². The first kappa shape index (κ1) is 12.0. The molecule has 1 N–H and O–H groups in total. The van der Waals surface area contributed by atoms with Crippen molar-refractivity contribution in [3.05, 3.63) is 21.3 Å². The van der Waals surface area contributed by atoms with Crippen molar-refractivity contribution in [3.8, 4) is 0 Å². The molecule has 0 saturated heterocycles. The number of hydrogen-bond acceptors (Lipinski definition) is 3. The fourth-order valence-corrected chi connectivity index (χ4v) is 2.36. The molecular weight excluding hydrogens is 218 g/mol. The summed E-state index contributed by atoms with van der Waals surface area (Å²) in [7, 11) is 0. The number of likely N-dealkylation sites (N-methyl/N-ethyl adjacent to an activating group) is 1. The number of halogens is 1. The Kier molecular flexibility index (Phi) is 4.89. The van der Waals surface area contributed by atoms with Crippen molar-refractivity contribution < 1.29 is 5.11 Å². The van der Waals surface area contributed by atoms with Crippen LogP contribution >= 0.6 is 22.9 Å². The van der Waals surface area contributed by atoms with E-state index in [-0.39, 0.29) is 0 Å². The van der Waals surface area contributed by atoms with E-state index in [2.05, 4.69) is 18.7 Å². The second kappa shape index (κ2) is 5.71. The topological polar surface area (TPSA) is 23.5 Å². The zero-order valence-electron chi connectivity index (χ0n) is 8.53. The Morgan fingerprint density at radius 2 is 2.07 bits per heavy atom.